The molecular weight excluding hydrogens is 166 g/mol. The molecule has 0 aliphatic rings. The summed E-state index contributed by atoms with van der Waals surface area (Å²) in [6, 6.07) is 6.02. The van der Waals surface area contributed by atoms with Crippen molar-refractivity contribution >= 4 is 5.69 Å². The zero-order valence-corrected chi connectivity index (χ0v) is 6.65. The highest BCUT2D eigenvalue weighted by Crippen LogP contribution is 2.11. The first kappa shape index (κ1) is 8.83. The molecule has 0 radical (unpaired) electrons. The van der Waals surface area contributed by atoms with Gasteiger partial charge in [-0.25, -0.2) is 0 Å². The predicted molar refractivity (Wildman–Crippen MR) is 48.8 cm³/mol. The highest BCUT2D eigenvalue weighted by atomic mass is 16.6. The molecule has 0 amide bonds. The summed E-state index contributed by atoms with van der Waals surface area (Å²) < 4.78 is 0. The summed E-state index contributed by atoms with van der Waals surface area (Å²) in [5.41, 5.74) is 0.566. The van der Waals surface area contributed by atoms with E-state index in [1.807, 2.05) is 0 Å². The topological polar surface area (TPSA) is 43.1 Å². The SMILES string of the molecule is C#CC#Cc1cccc([N+](=O)[O-])c1. The van der Waals surface area contributed by atoms with Crippen LogP contribution in [-0.4, -0.2) is 4.92 Å². The molecule has 0 unspecified atom stereocenters. The molecule has 0 atom stereocenters. The van der Waals surface area contributed by atoms with Crippen LogP contribution in [-0.2, 0) is 0 Å². The van der Waals surface area contributed by atoms with Gasteiger partial charge in [0.15, 0.2) is 0 Å². The van der Waals surface area contributed by atoms with Crippen LogP contribution in [0.1, 0.15) is 5.56 Å². The Balaban J connectivity index is 3.07. The molecule has 0 bridgehead atoms. The quantitative estimate of drug-likeness (QED) is 0.365. The van der Waals surface area contributed by atoms with E-state index in [4.69, 9.17) is 6.42 Å². The van der Waals surface area contributed by atoms with Crippen LogP contribution in [0.4, 0.5) is 5.69 Å². The van der Waals surface area contributed by atoms with Crippen molar-refractivity contribution in [1.82, 2.24) is 0 Å². The van der Waals surface area contributed by atoms with Gasteiger partial charge in [0.25, 0.3) is 5.69 Å². The molecule has 0 saturated heterocycles. The molecule has 3 nitrogen and oxygen atoms in total. The van der Waals surface area contributed by atoms with Gasteiger partial charge in [0.05, 0.1) is 4.92 Å². The van der Waals surface area contributed by atoms with Gasteiger partial charge in [-0.1, -0.05) is 12.0 Å². The number of non-ortho nitro benzene ring substituents is 1. The number of hydrogen-bond donors (Lipinski definition) is 0. The molecule has 1 rings (SSSR count). The molecule has 1 aromatic rings. The maximum Gasteiger partial charge on any atom is 0.270 e. The van der Waals surface area contributed by atoms with E-state index in [-0.39, 0.29) is 5.69 Å². The monoisotopic (exact) mass is 171 g/mol. The average Bonchev–Trinajstić information content (AvgIpc) is 2.15. The second-order valence-electron chi connectivity index (χ2n) is 2.20. The molecule has 0 aromatic heterocycles. The fourth-order valence-corrected chi connectivity index (χ4v) is 0.805. The van der Waals surface area contributed by atoms with Crippen LogP contribution in [0.15, 0.2) is 24.3 Å². The van der Waals surface area contributed by atoms with Crippen LogP contribution in [0.5, 0.6) is 0 Å². The third kappa shape index (κ3) is 2.36. The molecule has 0 aliphatic carbocycles. The molecule has 1 aromatic carbocycles. The Kier molecular flexibility index (Phi) is 2.68. The third-order valence-corrected chi connectivity index (χ3v) is 1.34. The number of benzene rings is 1. The van der Waals surface area contributed by atoms with Gasteiger partial charge >= 0.3 is 0 Å². The Labute approximate surface area is 75.5 Å². The molecule has 0 saturated carbocycles. The normalized spacial score (nSPS) is 7.92. The summed E-state index contributed by atoms with van der Waals surface area (Å²) >= 11 is 0. The standard InChI is InChI=1S/C10H5NO2/c1-2-3-5-9-6-4-7-10(8-9)11(12)13/h1,4,6-8H. The lowest BCUT2D eigenvalue weighted by molar-refractivity contribution is -0.384. The van der Waals surface area contributed by atoms with E-state index in [0.29, 0.717) is 5.56 Å². The first-order valence-electron chi connectivity index (χ1n) is 3.45. The van der Waals surface area contributed by atoms with Gasteiger partial charge in [0.2, 0.25) is 0 Å². The van der Waals surface area contributed by atoms with Crippen molar-refractivity contribution in [3.63, 3.8) is 0 Å². The summed E-state index contributed by atoms with van der Waals surface area (Å²) in [6.45, 7) is 0. The number of nitrogens with zero attached hydrogens (tertiary/aromatic N) is 1. The fourth-order valence-electron chi connectivity index (χ4n) is 0.805. The Bertz CT molecular complexity index is 432. The van der Waals surface area contributed by atoms with Gasteiger partial charge in [-0.15, -0.1) is 6.42 Å². The summed E-state index contributed by atoms with van der Waals surface area (Å²) in [7, 11) is 0. The Hall–Kier alpha value is -2.26. The van der Waals surface area contributed by atoms with E-state index in [1.54, 1.807) is 12.1 Å². The van der Waals surface area contributed by atoms with Crippen molar-refractivity contribution in [2.75, 3.05) is 0 Å². The first-order valence-corrected chi connectivity index (χ1v) is 3.45. The van der Waals surface area contributed by atoms with E-state index >= 15 is 0 Å². The zero-order valence-electron chi connectivity index (χ0n) is 6.65. The second kappa shape index (κ2) is 3.94. The van der Waals surface area contributed by atoms with Crippen molar-refractivity contribution in [3.8, 4) is 24.2 Å². The highest BCUT2D eigenvalue weighted by molar-refractivity contribution is 5.45. The van der Waals surface area contributed by atoms with Gasteiger partial charge in [-0.2, -0.15) is 0 Å². The summed E-state index contributed by atoms with van der Waals surface area (Å²) in [4.78, 5) is 9.87. The van der Waals surface area contributed by atoms with Crippen LogP contribution in [0, 0.1) is 34.3 Å². The van der Waals surface area contributed by atoms with Crippen molar-refractivity contribution in [3.05, 3.63) is 39.9 Å². The maximum atomic E-state index is 10.3. The molecule has 0 N–H and O–H groups in total. The molecule has 3 heteroatoms. The second-order valence-corrected chi connectivity index (χ2v) is 2.20. The summed E-state index contributed by atoms with van der Waals surface area (Å²) in [5.74, 6) is 7.12. The van der Waals surface area contributed by atoms with Crippen LogP contribution in [0.3, 0.4) is 0 Å². The molecule has 0 spiro atoms. The minimum atomic E-state index is -0.471. The van der Waals surface area contributed by atoms with E-state index in [2.05, 4.69) is 17.8 Å². The number of hydrogen-bond acceptors (Lipinski definition) is 2. The Morgan fingerprint density at radius 1 is 1.46 bits per heavy atom. The lowest BCUT2D eigenvalue weighted by atomic mass is 10.2. The lowest BCUT2D eigenvalue weighted by Gasteiger charge is -1.90. The van der Waals surface area contributed by atoms with E-state index in [9.17, 15) is 10.1 Å². The van der Waals surface area contributed by atoms with Gasteiger partial charge < -0.3 is 0 Å². The van der Waals surface area contributed by atoms with Crippen LogP contribution < -0.4 is 0 Å². The average molecular weight is 171 g/mol. The van der Waals surface area contributed by atoms with Crippen LogP contribution in [0.25, 0.3) is 0 Å². The summed E-state index contributed by atoms with van der Waals surface area (Å²) in [5, 5.41) is 10.3. The smallest absolute Gasteiger partial charge is 0.258 e. The van der Waals surface area contributed by atoms with Crippen molar-refractivity contribution in [1.29, 1.82) is 0 Å². The Morgan fingerprint density at radius 2 is 2.23 bits per heavy atom. The van der Waals surface area contributed by atoms with Crippen LogP contribution >= 0.6 is 0 Å². The highest BCUT2D eigenvalue weighted by Gasteiger charge is 2.03. The molecule has 0 aliphatic heterocycles. The molecule has 62 valence electrons. The molecule has 0 heterocycles. The fraction of sp³-hybridized carbons (Fsp3) is 0. The predicted octanol–water partition coefficient (Wildman–Crippen LogP) is 1.58. The van der Waals surface area contributed by atoms with Gasteiger partial charge in [-0.05, 0) is 17.9 Å². The van der Waals surface area contributed by atoms with E-state index in [1.165, 1.54) is 12.1 Å². The lowest BCUT2D eigenvalue weighted by Crippen LogP contribution is -1.87. The van der Waals surface area contributed by atoms with Crippen molar-refractivity contribution < 1.29 is 4.92 Å². The minimum Gasteiger partial charge on any atom is -0.258 e. The van der Waals surface area contributed by atoms with Crippen molar-refractivity contribution in [2.24, 2.45) is 0 Å². The van der Waals surface area contributed by atoms with E-state index in [0.717, 1.165) is 0 Å². The van der Waals surface area contributed by atoms with Crippen molar-refractivity contribution in [2.45, 2.75) is 0 Å². The molecular formula is C10H5NO2. The van der Waals surface area contributed by atoms with Crippen LogP contribution in [0.2, 0.25) is 0 Å². The van der Waals surface area contributed by atoms with E-state index < -0.39 is 4.92 Å². The third-order valence-electron chi connectivity index (χ3n) is 1.34. The summed E-state index contributed by atoms with van der Waals surface area (Å²) in [6.07, 6.45) is 4.92. The first-order chi connectivity index (χ1) is 6.24. The number of rotatable bonds is 1. The Morgan fingerprint density at radius 3 is 2.85 bits per heavy atom. The molecule has 0 fully saturated rings. The minimum absolute atomic E-state index is 0.0174. The van der Waals surface area contributed by atoms with Gasteiger partial charge in [-0.3, -0.25) is 10.1 Å². The van der Waals surface area contributed by atoms with Gasteiger partial charge in [0.1, 0.15) is 0 Å². The number of nitro groups is 1. The van der Waals surface area contributed by atoms with Gasteiger partial charge in [0, 0.05) is 17.7 Å². The number of nitro benzene ring substituents is 1. The zero-order chi connectivity index (χ0) is 9.68. The number of terminal acetylenes is 1. The maximum absolute atomic E-state index is 10.3. The molecule has 13 heavy (non-hydrogen) atoms. The largest absolute Gasteiger partial charge is 0.270 e.